The molecule has 1 heterocycles. The maximum atomic E-state index is 12.1. The van der Waals surface area contributed by atoms with Crippen LogP contribution in [0.1, 0.15) is 52.9 Å². The van der Waals surface area contributed by atoms with Gasteiger partial charge in [-0.2, -0.15) is 0 Å². The molecule has 1 fully saturated rings. The molecule has 0 aromatic carbocycles. The Labute approximate surface area is 111 Å². The van der Waals surface area contributed by atoms with Gasteiger partial charge in [-0.25, -0.2) is 0 Å². The van der Waals surface area contributed by atoms with E-state index in [1.165, 1.54) is 12.8 Å². The molecule has 1 N–H and O–H groups in total. The van der Waals surface area contributed by atoms with Crippen LogP contribution in [-0.2, 0) is 4.79 Å². The standard InChI is InChI=1S/C15H26N2O/c1-5-6-7-8-11-16-15(18)14(4)17-12(2)9-10-13(17)3/h1,12-14H,6-11H2,2-4H3,(H,16,18)/t12-,13-,14-/m0/s1. The number of terminal acetylenes is 1. The van der Waals surface area contributed by atoms with Gasteiger partial charge in [0.05, 0.1) is 6.04 Å². The number of carbonyl (C=O) groups is 1. The third-order valence-electron chi connectivity index (χ3n) is 3.89. The smallest absolute Gasteiger partial charge is 0.237 e. The second-order valence-electron chi connectivity index (χ2n) is 5.35. The summed E-state index contributed by atoms with van der Waals surface area (Å²) in [5.74, 6) is 2.76. The highest BCUT2D eigenvalue weighted by Gasteiger charge is 2.33. The molecule has 0 unspecified atom stereocenters. The van der Waals surface area contributed by atoms with E-state index in [1.54, 1.807) is 0 Å². The van der Waals surface area contributed by atoms with Crippen molar-refractivity contribution in [3.8, 4) is 12.3 Å². The lowest BCUT2D eigenvalue weighted by Gasteiger charge is -2.31. The quantitative estimate of drug-likeness (QED) is 0.579. The first-order chi connectivity index (χ1) is 8.57. The highest BCUT2D eigenvalue weighted by Crippen LogP contribution is 2.25. The Morgan fingerprint density at radius 1 is 1.39 bits per heavy atom. The summed E-state index contributed by atoms with van der Waals surface area (Å²) < 4.78 is 0. The molecule has 1 rings (SSSR count). The van der Waals surface area contributed by atoms with Crippen LogP contribution in [0.15, 0.2) is 0 Å². The van der Waals surface area contributed by atoms with Crippen molar-refractivity contribution in [2.24, 2.45) is 0 Å². The van der Waals surface area contributed by atoms with Crippen LogP contribution in [0.2, 0.25) is 0 Å². The minimum atomic E-state index is -0.0230. The first-order valence-electron chi connectivity index (χ1n) is 7.06. The lowest BCUT2D eigenvalue weighted by atomic mass is 10.2. The first-order valence-corrected chi connectivity index (χ1v) is 7.06. The van der Waals surface area contributed by atoms with Crippen LogP contribution in [-0.4, -0.2) is 35.5 Å². The summed E-state index contributed by atoms with van der Waals surface area (Å²) in [6, 6.07) is 1.01. The Morgan fingerprint density at radius 2 is 2.00 bits per heavy atom. The normalized spacial score (nSPS) is 25.7. The molecule has 1 amide bonds. The van der Waals surface area contributed by atoms with Crippen molar-refractivity contribution in [1.29, 1.82) is 0 Å². The average molecular weight is 250 g/mol. The van der Waals surface area contributed by atoms with Crippen molar-refractivity contribution in [3.63, 3.8) is 0 Å². The van der Waals surface area contributed by atoms with Crippen molar-refractivity contribution in [3.05, 3.63) is 0 Å². The molecule has 0 spiro atoms. The molecule has 3 atom stereocenters. The van der Waals surface area contributed by atoms with Gasteiger partial charge in [-0.05, 0) is 46.5 Å². The largest absolute Gasteiger partial charge is 0.355 e. The molecule has 1 aliphatic rings. The summed E-state index contributed by atoms with van der Waals surface area (Å²) in [6.07, 6.45) is 10.3. The van der Waals surface area contributed by atoms with Gasteiger partial charge in [0.1, 0.15) is 0 Å². The van der Waals surface area contributed by atoms with E-state index in [-0.39, 0.29) is 11.9 Å². The van der Waals surface area contributed by atoms with Gasteiger partial charge in [-0.15, -0.1) is 12.3 Å². The molecule has 0 aromatic heterocycles. The van der Waals surface area contributed by atoms with Crippen molar-refractivity contribution in [2.75, 3.05) is 6.54 Å². The van der Waals surface area contributed by atoms with Gasteiger partial charge in [0.15, 0.2) is 0 Å². The Kier molecular flexibility index (Phi) is 6.21. The zero-order valence-corrected chi connectivity index (χ0v) is 11.9. The second kappa shape index (κ2) is 7.43. The molecule has 1 saturated heterocycles. The van der Waals surface area contributed by atoms with E-state index in [9.17, 15) is 4.79 Å². The van der Waals surface area contributed by atoms with Crippen LogP contribution in [0.3, 0.4) is 0 Å². The van der Waals surface area contributed by atoms with Gasteiger partial charge < -0.3 is 5.32 Å². The Morgan fingerprint density at radius 3 is 2.56 bits per heavy atom. The molecule has 0 aliphatic carbocycles. The van der Waals surface area contributed by atoms with E-state index in [2.05, 4.69) is 30.0 Å². The number of likely N-dealkylation sites (tertiary alicyclic amines) is 1. The van der Waals surface area contributed by atoms with E-state index in [4.69, 9.17) is 6.42 Å². The lowest BCUT2D eigenvalue weighted by Crippen LogP contribution is -2.49. The molecule has 3 nitrogen and oxygen atoms in total. The molecule has 0 bridgehead atoms. The predicted molar refractivity (Wildman–Crippen MR) is 75.2 cm³/mol. The summed E-state index contributed by atoms with van der Waals surface area (Å²) in [7, 11) is 0. The Bertz CT molecular complexity index is 298. The topological polar surface area (TPSA) is 32.3 Å². The number of unbranched alkanes of at least 4 members (excludes halogenated alkanes) is 2. The van der Waals surface area contributed by atoms with Crippen molar-refractivity contribution in [1.82, 2.24) is 10.2 Å². The number of rotatable bonds is 6. The minimum Gasteiger partial charge on any atom is -0.355 e. The van der Waals surface area contributed by atoms with Crippen molar-refractivity contribution < 1.29 is 4.79 Å². The van der Waals surface area contributed by atoms with E-state index >= 15 is 0 Å². The second-order valence-corrected chi connectivity index (χ2v) is 5.35. The van der Waals surface area contributed by atoms with Crippen LogP contribution >= 0.6 is 0 Å². The Balaban J connectivity index is 2.30. The third kappa shape index (κ3) is 4.03. The van der Waals surface area contributed by atoms with Gasteiger partial charge in [0.2, 0.25) is 5.91 Å². The van der Waals surface area contributed by atoms with Gasteiger partial charge in [-0.3, -0.25) is 9.69 Å². The number of hydrogen-bond donors (Lipinski definition) is 1. The van der Waals surface area contributed by atoms with E-state index in [1.807, 2.05) is 6.92 Å². The van der Waals surface area contributed by atoms with Crippen LogP contribution in [0.5, 0.6) is 0 Å². The maximum Gasteiger partial charge on any atom is 0.237 e. The summed E-state index contributed by atoms with van der Waals surface area (Å²) in [4.78, 5) is 14.4. The van der Waals surface area contributed by atoms with Gasteiger partial charge >= 0.3 is 0 Å². The number of nitrogens with one attached hydrogen (secondary N) is 1. The fourth-order valence-electron chi connectivity index (χ4n) is 2.83. The molecule has 0 radical (unpaired) electrons. The summed E-state index contributed by atoms with van der Waals surface area (Å²) in [5.41, 5.74) is 0. The van der Waals surface area contributed by atoms with E-state index in [0.29, 0.717) is 12.1 Å². The Hall–Kier alpha value is -1.01. The first kappa shape index (κ1) is 15.0. The SMILES string of the molecule is C#CCCCCNC(=O)[C@H](C)N1[C@@H](C)CC[C@@H]1C. The summed E-state index contributed by atoms with van der Waals surface area (Å²) in [5, 5.41) is 3.01. The predicted octanol–water partition coefficient (Wildman–Crippen LogP) is 2.17. The van der Waals surface area contributed by atoms with Gasteiger partial charge in [-0.1, -0.05) is 0 Å². The monoisotopic (exact) mass is 250 g/mol. The highest BCUT2D eigenvalue weighted by atomic mass is 16.2. The fraction of sp³-hybridized carbons (Fsp3) is 0.800. The number of amides is 1. The van der Waals surface area contributed by atoms with Gasteiger partial charge in [0, 0.05) is 25.0 Å². The van der Waals surface area contributed by atoms with E-state index < -0.39 is 0 Å². The lowest BCUT2D eigenvalue weighted by molar-refractivity contribution is -0.126. The van der Waals surface area contributed by atoms with Crippen molar-refractivity contribution in [2.45, 2.75) is 71.0 Å². The third-order valence-corrected chi connectivity index (χ3v) is 3.89. The maximum absolute atomic E-state index is 12.1. The fourth-order valence-corrected chi connectivity index (χ4v) is 2.83. The number of hydrogen-bond acceptors (Lipinski definition) is 2. The molecule has 3 heteroatoms. The van der Waals surface area contributed by atoms with Crippen LogP contribution in [0.4, 0.5) is 0 Å². The number of carbonyl (C=O) groups excluding carboxylic acids is 1. The zero-order chi connectivity index (χ0) is 13.5. The molecular weight excluding hydrogens is 224 g/mol. The molecule has 0 aromatic rings. The van der Waals surface area contributed by atoms with E-state index in [0.717, 1.165) is 25.8 Å². The highest BCUT2D eigenvalue weighted by molar-refractivity contribution is 5.81. The zero-order valence-electron chi connectivity index (χ0n) is 11.9. The minimum absolute atomic E-state index is 0.0230. The van der Waals surface area contributed by atoms with Crippen LogP contribution < -0.4 is 5.32 Å². The van der Waals surface area contributed by atoms with Crippen LogP contribution in [0, 0.1) is 12.3 Å². The molecule has 0 saturated carbocycles. The van der Waals surface area contributed by atoms with Crippen LogP contribution in [0.25, 0.3) is 0 Å². The molecule has 1 aliphatic heterocycles. The molecular formula is C15H26N2O. The summed E-state index contributed by atoms with van der Waals surface area (Å²) in [6.45, 7) is 7.16. The number of nitrogens with zero attached hydrogens (tertiary/aromatic N) is 1. The summed E-state index contributed by atoms with van der Waals surface area (Å²) >= 11 is 0. The molecule has 102 valence electrons. The van der Waals surface area contributed by atoms with Gasteiger partial charge in [0.25, 0.3) is 0 Å². The molecule has 18 heavy (non-hydrogen) atoms. The van der Waals surface area contributed by atoms with Crippen molar-refractivity contribution >= 4 is 5.91 Å². The average Bonchev–Trinajstić information content (AvgIpc) is 2.67.